The number of hydrogen-bond acceptors (Lipinski definition) is 4. The lowest BCUT2D eigenvalue weighted by Gasteiger charge is -2.29. The third kappa shape index (κ3) is 6.89. The Morgan fingerprint density at radius 2 is 1.91 bits per heavy atom. The van der Waals surface area contributed by atoms with Gasteiger partial charge in [0.25, 0.3) is 5.91 Å². The summed E-state index contributed by atoms with van der Waals surface area (Å²) in [7, 11) is 0. The van der Waals surface area contributed by atoms with Crippen molar-refractivity contribution in [2.75, 3.05) is 25.0 Å². The van der Waals surface area contributed by atoms with Gasteiger partial charge in [0, 0.05) is 31.9 Å². The maximum Gasteiger partial charge on any atom is 0.266 e. The Hall–Kier alpha value is -3.22. The molecule has 1 N–H and O–H groups in total. The summed E-state index contributed by atoms with van der Waals surface area (Å²) in [6.45, 7) is 4.42. The molecule has 2 unspecified atom stereocenters. The van der Waals surface area contributed by atoms with Crippen LogP contribution in [0, 0.1) is 12.7 Å². The van der Waals surface area contributed by atoms with Crippen LogP contribution in [0.25, 0.3) is 0 Å². The fourth-order valence-electron chi connectivity index (χ4n) is 4.19. The highest BCUT2D eigenvalue weighted by Gasteiger charge is 2.28. The van der Waals surface area contributed by atoms with Crippen LogP contribution in [0.1, 0.15) is 24.0 Å². The quantitative estimate of drug-likeness (QED) is 0.450. The zero-order chi connectivity index (χ0) is 23.8. The van der Waals surface area contributed by atoms with E-state index in [9.17, 15) is 9.18 Å². The van der Waals surface area contributed by atoms with Crippen LogP contribution >= 0.6 is 0 Å². The lowest BCUT2D eigenvalue weighted by Crippen LogP contribution is -2.45. The van der Waals surface area contributed by atoms with Gasteiger partial charge in [-0.05, 0) is 49.6 Å². The number of anilines is 1. The lowest BCUT2D eigenvalue weighted by molar-refractivity contribution is -0.124. The molecule has 0 aliphatic carbocycles. The summed E-state index contributed by atoms with van der Waals surface area (Å²) < 4.78 is 26.2. The second-order valence-corrected chi connectivity index (χ2v) is 8.71. The minimum absolute atomic E-state index is 0.0586. The molecular formula is C28H31FN2O3. The van der Waals surface area contributed by atoms with Crippen LogP contribution in [0.15, 0.2) is 78.9 Å². The molecule has 1 aliphatic rings. The highest BCUT2D eigenvalue weighted by Crippen LogP contribution is 2.21. The van der Waals surface area contributed by atoms with Crippen molar-refractivity contribution in [1.82, 2.24) is 4.90 Å². The van der Waals surface area contributed by atoms with Gasteiger partial charge in [-0.15, -0.1) is 0 Å². The Morgan fingerprint density at radius 3 is 2.65 bits per heavy atom. The molecule has 0 radical (unpaired) electrons. The Labute approximate surface area is 200 Å². The molecular weight excluding hydrogens is 431 g/mol. The molecule has 34 heavy (non-hydrogen) atoms. The highest BCUT2D eigenvalue weighted by molar-refractivity contribution is 5.94. The molecule has 4 rings (SSSR count). The number of aryl methyl sites for hydroxylation is 1. The normalized spacial score (nSPS) is 16.4. The minimum atomic E-state index is -0.914. The Morgan fingerprint density at radius 1 is 1.12 bits per heavy atom. The molecule has 0 saturated carbocycles. The smallest absolute Gasteiger partial charge is 0.266 e. The molecule has 0 bridgehead atoms. The van der Waals surface area contributed by atoms with Gasteiger partial charge >= 0.3 is 0 Å². The summed E-state index contributed by atoms with van der Waals surface area (Å²) >= 11 is 0. The number of para-hydroxylation sites is 2. The van der Waals surface area contributed by atoms with Gasteiger partial charge in [0.15, 0.2) is 17.7 Å². The largest absolute Gasteiger partial charge is 0.476 e. The van der Waals surface area contributed by atoms with E-state index in [1.54, 1.807) is 18.2 Å². The molecule has 3 aromatic rings. The molecule has 178 valence electrons. The van der Waals surface area contributed by atoms with Crippen LogP contribution < -0.4 is 10.1 Å². The maximum atomic E-state index is 14.4. The molecule has 1 heterocycles. The molecule has 3 aromatic carbocycles. The molecule has 6 heteroatoms. The second-order valence-electron chi connectivity index (χ2n) is 8.71. The number of carbonyl (C=O) groups is 1. The summed E-state index contributed by atoms with van der Waals surface area (Å²) in [5.74, 6) is -0.760. The number of rotatable bonds is 10. The van der Waals surface area contributed by atoms with Crippen molar-refractivity contribution < 1.29 is 18.7 Å². The topological polar surface area (TPSA) is 50.8 Å². The number of nitrogens with zero attached hydrogens (tertiary/aromatic N) is 1. The number of hydrogen-bond donors (Lipinski definition) is 1. The first-order valence-corrected chi connectivity index (χ1v) is 11.7. The SMILES string of the molecule is Cc1cccc(CN(CC2CCCO2)CC(Oc2ccccc2F)C(=O)Nc2ccccc2)c1. The van der Waals surface area contributed by atoms with Gasteiger partial charge < -0.3 is 14.8 Å². The van der Waals surface area contributed by atoms with Gasteiger partial charge in [-0.2, -0.15) is 0 Å². The van der Waals surface area contributed by atoms with Crippen LogP contribution in [-0.2, 0) is 16.1 Å². The fraction of sp³-hybridized carbons (Fsp3) is 0.321. The predicted molar refractivity (Wildman–Crippen MR) is 131 cm³/mol. The monoisotopic (exact) mass is 462 g/mol. The van der Waals surface area contributed by atoms with Crippen LogP contribution in [0.3, 0.4) is 0 Å². The number of carbonyl (C=O) groups excluding carboxylic acids is 1. The van der Waals surface area contributed by atoms with Crippen LogP contribution in [0.2, 0.25) is 0 Å². The zero-order valence-electron chi connectivity index (χ0n) is 19.5. The molecule has 1 amide bonds. The van der Waals surface area contributed by atoms with Gasteiger partial charge in [-0.25, -0.2) is 4.39 Å². The number of ether oxygens (including phenoxy) is 2. The van der Waals surface area contributed by atoms with Gasteiger partial charge in [0.1, 0.15) is 0 Å². The van der Waals surface area contributed by atoms with Crippen molar-refractivity contribution in [2.24, 2.45) is 0 Å². The molecule has 1 aliphatic heterocycles. The van der Waals surface area contributed by atoms with E-state index < -0.39 is 11.9 Å². The van der Waals surface area contributed by atoms with Crippen molar-refractivity contribution in [2.45, 2.75) is 38.5 Å². The van der Waals surface area contributed by atoms with Crippen LogP contribution in [0.4, 0.5) is 10.1 Å². The van der Waals surface area contributed by atoms with Crippen molar-refractivity contribution in [3.8, 4) is 5.75 Å². The third-order valence-corrected chi connectivity index (χ3v) is 5.84. The molecule has 1 fully saturated rings. The Kier molecular flexibility index (Phi) is 8.28. The Balaban J connectivity index is 1.56. The average molecular weight is 463 g/mol. The summed E-state index contributed by atoms with van der Waals surface area (Å²) in [4.78, 5) is 15.5. The summed E-state index contributed by atoms with van der Waals surface area (Å²) in [6.07, 6.45) is 1.21. The van der Waals surface area contributed by atoms with Gasteiger partial charge in [0.05, 0.1) is 6.10 Å². The van der Waals surface area contributed by atoms with E-state index in [2.05, 4.69) is 35.3 Å². The predicted octanol–water partition coefficient (Wildman–Crippen LogP) is 5.20. The van der Waals surface area contributed by atoms with Crippen molar-refractivity contribution in [3.63, 3.8) is 0 Å². The fourth-order valence-corrected chi connectivity index (χ4v) is 4.19. The van der Waals surface area contributed by atoms with E-state index in [-0.39, 0.29) is 17.8 Å². The summed E-state index contributed by atoms with van der Waals surface area (Å²) in [5.41, 5.74) is 2.99. The van der Waals surface area contributed by atoms with Crippen molar-refractivity contribution >= 4 is 11.6 Å². The number of benzene rings is 3. The van der Waals surface area contributed by atoms with E-state index in [1.807, 2.05) is 36.4 Å². The van der Waals surface area contributed by atoms with Crippen LogP contribution in [-0.4, -0.2) is 42.7 Å². The van der Waals surface area contributed by atoms with Crippen molar-refractivity contribution in [3.05, 3.63) is 95.8 Å². The van der Waals surface area contributed by atoms with E-state index in [4.69, 9.17) is 9.47 Å². The van der Waals surface area contributed by atoms with Gasteiger partial charge in [0.2, 0.25) is 0 Å². The summed E-state index contributed by atoms with van der Waals surface area (Å²) in [5, 5.41) is 2.91. The first kappa shape index (κ1) is 23.9. The Bertz CT molecular complexity index is 1070. The van der Waals surface area contributed by atoms with Gasteiger partial charge in [-0.1, -0.05) is 60.2 Å². The first-order chi connectivity index (χ1) is 16.6. The number of nitrogens with one attached hydrogen (secondary N) is 1. The molecule has 1 saturated heterocycles. The first-order valence-electron chi connectivity index (χ1n) is 11.7. The molecule has 2 atom stereocenters. The van der Waals surface area contributed by atoms with Crippen LogP contribution in [0.5, 0.6) is 5.75 Å². The summed E-state index contributed by atoms with van der Waals surface area (Å²) in [6, 6.07) is 23.7. The molecule has 0 spiro atoms. The van der Waals surface area contributed by atoms with E-state index in [1.165, 1.54) is 11.6 Å². The zero-order valence-corrected chi connectivity index (χ0v) is 19.5. The maximum absolute atomic E-state index is 14.4. The second kappa shape index (κ2) is 11.8. The third-order valence-electron chi connectivity index (χ3n) is 5.84. The standard InChI is InChI=1S/C28H31FN2O3/c1-21-9-7-10-22(17-21)18-31(19-24-13-8-16-33-24)20-27(34-26-15-6-5-14-25(26)29)28(32)30-23-11-3-2-4-12-23/h2-7,9-12,14-15,17,24,27H,8,13,16,18-20H2,1H3,(H,30,32). The van der Waals surface area contributed by atoms with Gasteiger partial charge in [-0.3, -0.25) is 9.69 Å². The molecule has 5 nitrogen and oxygen atoms in total. The molecule has 0 aromatic heterocycles. The van der Waals surface area contributed by atoms with E-state index in [0.717, 1.165) is 25.0 Å². The minimum Gasteiger partial charge on any atom is -0.476 e. The highest BCUT2D eigenvalue weighted by atomic mass is 19.1. The van der Waals surface area contributed by atoms with E-state index in [0.29, 0.717) is 25.3 Å². The number of halogens is 1. The van der Waals surface area contributed by atoms with E-state index >= 15 is 0 Å². The average Bonchev–Trinajstić information content (AvgIpc) is 3.34. The number of amides is 1. The van der Waals surface area contributed by atoms with Crippen molar-refractivity contribution in [1.29, 1.82) is 0 Å². The lowest BCUT2D eigenvalue weighted by atomic mass is 10.1.